The number of halogens is 3. The lowest BCUT2D eigenvalue weighted by Crippen LogP contribution is -2.32. The second-order valence-electron chi connectivity index (χ2n) is 8.18. The molecule has 5 nitrogen and oxygen atoms in total. The molecule has 1 aliphatic carbocycles. The van der Waals surface area contributed by atoms with Gasteiger partial charge in [0.2, 0.25) is 0 Å². The van der Waals surface area contributed by atoms with E-state index in [0.717, 1.165) is 35.3 Å². The SMILES string of the molecule is CC.CC.CC#CC(C/C(=N/N)NN)c1ccc(OCc2ccc3sc(C(F)(F)F)c(C4CC4)c3c2)cc1. The van der Waals surface area contributed by atoms with Crippen molar-refractivity contribution in [2.24, 2.45) is 16.8 Å². The van der Waals surface area contributed by atoms with Crippen molar-refractivity contribution in [3.8, 4) is 17.6 Å². The molecule has 1 atom stereocenters. The second-order valence-corrected chi connectivity index (χ2v) is 9.23. The molecular weight excluding hydrogens is 509 g/mol. The number of benzene rings is 2. The molecule has 3 aromatic rings. The summed E-state index contributed by atoms with van der Waals surface area (Å²) in [5.41, 5.74) is 4.72. The maximum Gasteiger partial charge on any atom is 0.425 e. The van der Waals surface area contributed by atoms with Gasteiger partial charge in [0.25, 0.3) is 0 Å². The van der Waals surface area contributed by atoms with Crippen molar-refractivity contribution in [3.63, 3.8) is 0 Å². The first kappa shape index (κ1) is 31.0. The first-order valence-electron chi connectivity index (χ1n) is 12.8. The number of fused-ring (bicyclic) bond motifs is 1. The van der Waals surface area contributed by atoms with Gasteiger partial charge in [0.1, 0.15) is 23.1 Å². The molecule has 2 aromatic carbocycles. The Kier molecular flexibility index (Phi) is 11.9. The minimum absolute atomic E-state index is 0.00700. The third kappa shape index (κ3) is 7.89. The summed E-state index contributed by atoms with van der Waals surface area (Å²) in [5, 5.41) is 4.32. The Balaban J connectivity index is 0.00000121. The highest BCUT2D eigenvalue weighted by atomic mass is 32.1. The summed E-state index contributed by atoms with van der Waals surface area (Å²) < 4.78 is 47.2. The molecule has 1 fully saturated rings. The molecule has 38 heavy (non-hydrogen) atoms. The van der Waals surface area contributed by atoms with E-state index in [1.54, 1.807) is 13.0 Å². The molecule has 0 radical (unpaired) electrons. The zero-order valence-electron chi connectivity index (χ0n) is 22.6. The van der Waals surface area contributed by atoms with Crippen LogP contribution < -0.4 is 21.8 Å². The lowest BCUT2D eigenvalue weighted by atomic mass is 9.95. The summed E-state index contributed by atoms with van der Waals surface area (Å²) in [4.78, 5) is -0.462. The van der Waals surface area contributed by atoms with Crippen LogP contribution in [0.4, 0.5) is 13.2 Å². The monoisotopic (exact) mass is 546 g/mol. The van der Waals surface area contributed by atoms with Crippen LogP contribution in [0.15, 0.2) is 47.6 Å². The lowest BCUT2D eigenvalue weighted by Gasteiger charge is -2.13. The van der Waals surface area contributed by atoms with Crippen LogP contribution in [0.5, 0.6) is 5.75 Å². The predicted molar refractivity (Wildman–Crippen MR) is 152 cm³/mol. The number of thiophene rings is 1. The molecule has 1 heterocycles. The predicted octanol–water partition coefficient (Wildman–Crippen LogP) is 7.66. The van der Waals surface area contributed by atoms with Crippen LogP contribution in [-0.4, -0.2) is 5.84 Å². The summed E-state index contributed by atoms with van der Waals surface area (Å²) in [6.45, 7) is 10.0. The number of nitrogens with two attached hydrogens (primary N) is 2. The van der Waals surface area contributed by atoms with Gasteiger partial charge in [-0.3, -0.25) is 0 Å². The Bertz CT molecular complexity index is 1250. The molecular formula is C29H37F3N4OS. The van der Waals surface area contributed by atoms with Crippen LogP contribution in [0.1, 0.15) is 87.3 Å². The van der Waals surface area contributed by atoms with E-state index in [1.807, 2.05) is 64.1 Å². The minimum atomic E-state index is -4.32. The van der Waals surface area contributed by atoms with E-state index in [2.05, 4.69) is 22.4 Å². The Morgan fingerprint density at radius 3 is 2.32 bits per heavy atom. The molecule has 5 N–H and O–H groups in total. The van der Waals surface area contributed by atoms with Crippen molar-refractivity contribution >= 4 is 27.3 Å². The van der Waals surface area contributed by atoms with Crippen molar-refractivity contribution in [2.45, 2.75) is 78.5 Å². The molecule has 1 unspecified atom stereocenters. The van der Waals surface area contributed by atoms with Gasteiger partial charge < -0.3 is 16.0 Å². The third-order valence-electron chi connectivity index (χ3n) is 5.76. The summed E-state index contributed by atoms with van der Waals surface area (Å²) in [7, 11) is 0. The quantitative estimate of drug-likeness (QED) is 0.0934. The molecule has 0 bridgehead atoms. The first-order valence-corrected chi connectivity index (χ1v) is 13.7. The molecule has 206 valence electrons. The lowest BCUT2D eigenvalue weighted by molar-refractivity contribution is -0.134. The number of alkyl halides is 3. The van der Waals surface area contributed by atoms with E-state index in [9.17, 15) is 13.2 Å². The van der Waals surface area contributed by atoms with Crippen molar-refractivity contribution in [3.05, 3.63) is 64.0 Å². The third-order valence-corrected chi connectivity index (χ3v) is 6.99. The van der Waals surface area contributed by atoms with Crippen molar-refractivity contribution in [1.82, 2.24) is 5.43 Å². The largest absolute Gasteiger partial charge is 0.489 e. The number of nitrogens with one attached hydrogen (secondary N) is 1. The van der Waals surface area contributed by atoms with Gasteiger partial charge in [-0.2, -0.15) is 18.3 Å². The number of nitrogens with zero attached hydrogens (tertiary/aromatic N) is 1. The summed E-state index contributed by atoms with van der Waals surface area (Å²) in [6.07, 6.45) is -2.26. The van der Waals surface area contributed by atoms with Crippen molar-refractivity contribution in [2.75, 3.05) is 0 Å². The van der Waals surface area contributed by atoms with Gasteiger partial charge in [-0.25, -0.2) is 5.84 Å². The van der Waals surface area contributed by atoms with Crippen LogP contribution in [-0.2, 0) is 12.8 Å². The van der Waals surface area contributed by atoms with Crippen molar-refractivity contribution in [1.29, 1.82) is 0 Å². The Morgan fingerprint density at radius 2 is 1.79 bits per heavy atom. The van der Waals surface area contributed by atoms with E-state index in [0.29, 0.717) is 33.7 Å². The highest BCUT2D eigenvalue weighted by molar-refractivity contribution is 7.19. The van der Waals surface area contributed by atoms with Gasteiger partial charge in [0.05, 0.1) is 5.92 Å². The zero-order valence-corrected chi connectivity index (χ0v) is 23.4. The number of ether oxygens (including phenoxy) is 1. The van der Waals surface area contributed by atoms with E-state index in [-0.39, 0.29) is 18.4 Å². The zero-order chi connectivity index (χ0) is 28.3. The van der Waals surface area contributed by atoms with Crippen molar-refractivity contribution < 1.29 is 17.9 Å². The number of hydrogen-bond acceptors (Lipinski definition) is 5. The van der Waals surface area contributed by atoms with Crippen LogP contribution in [0.3, 0.4) is 0 Å². The second kappa shape index (κ2) is 14.6. The maximum absolute atomic E-state index is 13.5. The summed E-state index contributed by atoms with van der Waals surface area (Å²) >= 11 is 0.832. The first-order chi connectivity index (χ1) is 18.3. The van der Waals surface area contributed by atoms with Gasteiger partial charge in [-0.15, -0.1) is 17.3 Å². The number of hydrazine groups is 1. The van der Waals surface area contributed by atoms with Gasteiger partial charge in [-0.1, -0.05) is 51.8 Å². The molecule has 0 spiro atoms. The molecule has 9 heteroatoms. The Morgan fingerprint density at radius 1 is 1.13 bits per heavy atom. The maximum atomic E-state index is 13.5. The summed E-state index contributed by atoms with van der Waals surface area (Å²) in [6, 6.07) is 12.9. The van der Waals surface area contributed by atoms with Gasteiger partial charge in [-0.05, 0) is 72.0 Å². The molecule has 0 amide bonds. The molecule has 0 aliphatic heterocycles. The number of rotatable bonds is 7. The molecule has 1 aromatic heterocycles. The topological polar surface area (TPSA) is 85.7 Å². The van der Waals surface area contributed by atoms with Crippen LogP contribution in [0.25, 0.3) is 10.1 Å². The minimum Gasteiger partial charge on any atom is -0.489 e. The fourth-order valence-electron chi connectivity index (χ4n) is 3.97. The Hall–Kier alpha value is -3.22. The van der Waals surface area contributed by atoms with Crippen LogP contribution in [0.2, 0.25) is 0 Å². The molecule has 4 rings (SSSR count). The fourth-order valence-corrected chi connectivity index (χ4v) is 5.11. The fraction of sp³-hybridized carbons (Fsp3) is 0.414. The number of hydrazone groups is 1. The van der Waals surface area contributed by atoms with Gasteiger partial charge >= 0.3 is 6.18 Å². The van der Waals surface area contributed by atoms with Gasteiger partial charge in [0, 0.05) is 11.1 Å². The summed E-state index contributed by atoms with van der Waals surface area (Å²) in [5.74, 6) is 17.8. The van der Waals surface area contributed by atoms with E-state index in [4.69, 9.17) is 16.4 Å². The average Bonchev–Trinajstić information content (AvgIpc) is 3.71. The van der Waals surface area contributed by atoms with Crippen LogP contribution >= 0.6 is 11.3 Å². The molecule has 1 saturated carbocycles. The van der Waals surface area contributed by atoms with E-state index >= 15 is 0 Å². The molecule has 1 aliphatic rings. The van der Waals surface area contributed by atoms with E-state index < -0.39 is 11.1 Å². The van der Waals surface area contributed by atoms with Gasteiger partial charge in [0.15, 0.2) is 0 Å². The molecule has 0 saturated heterocycles. The average molecular weight is 547 g/mol. The number of amidine groups is 1. The Labute approximate surface area is 227 Å². The standard InChI is InChI=1S/C25H25F3N4OS.2C2H6/c1-2-3-18(13-22(31-29)32-30)16-7-9-19(10-8-16)33-14-15-4-11-21-20(12-15)23(17-5-6-17)24(34-21)25(26,27)28;2*1-2/h4,7-12,17-18H,5-6,13-14,29-30H2,1H3,(H,31,32);2*1-2H3. The highest BCUT2D eigenvalue weighted by Crippen LogP contribution is 2.52. The normalized spacial score (nSPS) is 13.8. The smallest absolute Gasteiger partial charge is 0.425 e. The highest BCUT2D eigenvalue weighted by Gasteiger charge is 2.41. The van der Waals surface area contributed by atoms with E-state index in [1.165, 1.54) is 0 Å². The van der Waals surface area contributed by atoms with Crippen LogP contribution in [0, 0.1) is 11.8 Å². The number of hydrogen-bond donors (Lipinski definition) is 3.